The van der Waals surface area contributed by atoms with Crippen molar-refractivity contribution in [2.24, 2.45) is 0 Å². The molecule has 0 bridgehead atoms. The Morgan fingerprint density at radius 2 is 2.17 bits per heavy atom. The number of halogens is 1. The zero-order chi connectivity index (χ0) is 13.4. The quantitative estimate of drug-likeness (QED) is 0.508. The molecule has 1 saturated heterocycles. The maximum Gasteiger partial charge on any atom is 0.350 e. The molecule has 1 aromatic heterocycles. The number of aromatic nitrogens is 2. The first-order valence-corrected chi connectivity index (χ1v) is 6.06. The Morgan fingerprint density at radius 3 is 2.72 bits per heavy atom. The van der Waals surface area contributed by atoms with Gasteiger partial charge in [-0.3, -0.25) is 4.57 Å². The number of nitrogens with two attached hydrogens (primary N) is 1. The second-order valence-electron chi connectivity index (χ2n) is 3.89. The smallest absolute Gasteiger partial charge is 0.350 e. The van der Waals surface area contributed by atoms with Gasteiger partial charge in [-0.1, -0.05) is 0 Å². The molecule has 7 nitrogen and oxygen atoms in total. The molecule has 5 N–H and O–H groups in total. The highest BCUT2D eigenvalue weighted by molar-refractivity contribution is 8.00. The van der Waals surface area contributed by atoms with Crippen LogP contribution in [0.4, 0.5) is 10.2 Å². The minimum atomic E-state index is -1.30. The van der Waals surface area contributed by atoms with Gasteiger partial charge in [-0.15, -0.1) is 11.8 Å². The molecule has 0 spiro atoms. The summed E-state index contributed by atoms with van der Waals surface area (Å²) in [6.07, 6.45) is -1.66. The summed E-state index contributed by atoms with van der Waals surface area (Å²) < 4.78 is 14.1. The van der Waals surface area contributed by atoms with Crippen molar-refractivity contribution < 1.29 is 19.7 Å². The fourth-order valence-electron chi connectivity index (χ4n) is 1.75. The Labute approximate surface area is 105 Å². The zero-order valence-electron chi connectivity index (χ0n) is 9.10. The molecule has 0 saturated carbocycles. The minimum absolute atomic E-state index is 0.362. The van der Waals surface area contributed by atoms with E-state index in [-0.39, 0.29) is 6.61 Å². The monoisotopic (exact) mass is 277 g/mol. The van der Waals surface area contributed by atoms with E-state index in [2.05, 4.69) is 4.98 Å². The molecule has 2 heterocycles. The van der Waals surface area contributed by atoms with Gasteiger partial charge in [-0.05, 0) is 0 Å². The van der Waals surface area contributed by atoms with Crippen LogP contribution in [0.3, 0.4) is 0 Å². The molecular weight excluding hydrogens is 265 g/mol. The Balaban J connectivity index is 2.39. The average molecular weight is 277 g/mol. The van der Waals surface area contributed by atoms with E-state index in [4.69, 9.17) is 10.8 Å². The fourth-order valence-corrected chi connectivity index (χ4v) is 3.12. The van der Waals surface area contributed by atoms with Crippen LogP contribution in [0.5, 0.6) is 0 Å². The van der Waals surface area contributed by atoms with Crippen LogP contribution in [0.2, 0.25) is 0 Å². The highest BCUT2D eigenvalue weighted by Gasteiger charge is 2.43. The first-order chi connectivity index (χ1) is 8.45. The van der Waals surface area contributed by atoms with Crippen molar-refractivity contribution in [2.45, 2.75) is 22.8 Å². The van der Waals surface area contributed by atoms with Crippen LogP contribution in [-0.4, -0.2) is 48.9 Å². The van der Waals surface area contributed by atoms with E-state index in [9.17, 15) is 19.4 Å². The molecule has 1 aromatic rings. The van der Waals surface area contributed by atoms with Gasteiger partial charge in [-0.25, -0.2) is 9.18 Å². The van der Waals surface area contributed by atoms with Crippen LogP contribution < -0.4 is 11.4 Å². The first kappa shape index (κ1) is 13.3. The summed E-state index contributed by atoms with van der Waals surface area (Å²) in [6, 6.07) is 0. The van der Waals surface area contributed by atoms with Crippen molar-refractivity contribution in [1.82, 2.24) is 9.55 Å². The van der Waals surface area contributed by atoms with Gasteiger partial charge < -0.3 is 21.1 Å². The molecule has 9 heteroatoms. The van der Waals surface area contributed by atoms with Gasteiger partial charge in [0.05, 0.1) is 18.0 Å². The number of nitrogen functional groups attached to an aromatic ring is 1. The molecule has 1 fully saturated rings. The molecule has 0 aliphatic carbocycles. The topological polar surface area (TPSA) is 122 Å². The second kappa shape index (κ2) is 4.84. The van der Waals surface area contributed by atoms with Gasteiger partial charge in [0, 0.05) is 6.20 Å². The summed E-state index contributed by atoms with van der Waals surface area (Å²) >= 11 is 0.974. The number of thioether (sulfide) groups is 1. The van der Waals surface area contributed by atoms with E-state index in [1.54, 1.807) is 0 Å². The normalized spacial score (nSPS) is 31.8. The maximum atomic E-state index is 13.3. The summed E-state index contributed by atoms with van der Waals surface area (Å²) in [5, 5.41) is 26.8. The number of anilines is 1. The molecule has 18 heavy (non-hydrogen) atoms. The second-order valence-corrected chi connectivity index (χ2v) is 5.25. The fraction of sp³-hybridized carbons (Fsp3) is 0.556. The van der Waals surface area contributed by atoms with E-state index in [1.807, 2.05) is 0 Å². The van der Waals surface area contributed by atoms with Crippen LogP contribution in [0.1, 0.15) is 5.37 Å². The van der Waals surface area contributed by atoms with Crippen molar-refractivity contribution >= 4 is 17.6 Å². The summed E-state index contributed by atoms with van der Waals surface area (Å²) in [5.41, 5.74) is 4.32. The number of nitrogens with zero attached hydrogens (tertiary/aromatic N) is 2. The molecule has 4 atom stereocenters. The number of hydrogen-bond acceptors (Lipinski definition) is 7. The third-order valence-electron chi connectivity index (χ3n) is 2.73. The van der Waals surface area contributed by atoms with E-state index in [0.717, 1.165) is 22.5 Å². The average Bonchev–Trinajstić information content (AvgIpc) is 2.61. The van der Waals surface area contributed by atoms with Crippen LogP contribution in [0.25, 0.3) is 0 Å². The Kier molecular flexibility index (Phi) is 3.57. The van der Waals surface area contributed by atoms with Crippen LogP contribution in [0.15, 0.2) is 11.0 Å². The van der Waals surface area contributed by atoms with Gasteiger partial charge in [-0.2, -0.15) is 4.98 Å². The molecule has 0 amide bonds. The maximum absolute atomic E-state index is 13.3. The highest BCUT2D eigenvalue weighted by atomic mass is 32.2. The van der Waals surface area contributed by atoms with E-state index in [1.165, 1.54) is 0 Å². The Hall–Kier alpha value is -1.16. The number of rotatable bonds is 2. The van der Waals surface area contributed by atoms with E-state index in [0.29, 0.717) is 0 Å². The van der Waals surface area contributed by atoms with Crippen molar-refractivity contribution in [1.29, 1.82) is 0 Å². The lowest BCUT2D eigenvalue weighted by atomic mass is 10.1. The van der Waals surface area contributed by atoms with Crippen LogP contribution in [-0.2, 0) is 0 Å². The lowest BCUT2D eigenvalue weighted by Gasteiger charge is -2.17. The van der Waals surface area contributed by atoms with Crippen molar-refractivity contribution in [3.05, 3.63) is 22.5 Å². The standard InChI is InChI=1S/C9H12FN3O4S/c10-3-1-13(9(17)12-7(3)11)8-6(16)5(15)4(2-14)18-8/h1,4-6,8,14-16H,2H2,(H2,11,12,17)/t4-,5-,6+,8+/m1/s1. The molecule has 0 aromatic carbocycles. The van der Waals surface area contributed by atoms with Crippen LogP contribution in [0, 0.1) is 5.82 Å². The molecule has 100 valence electrons. The van der Waals surface area contributed by atoms with E-state index < -0.39 is 40.2 Å². The van der Waals surface area contributed by atoms with Gasteiger partial charge >= 0.3 is 5.69 Å². The SMILES string of the molecule is Nc1nc(=O)n([C@H]2S[C@H](CO)[C@@H](O)[C@@H]2O)cc1F. The molecular formula is C9H12FN3O4S. The van der Waals surface area contributed by atoms with E-state index >= 15 is 0 Å². The molecule has 1 aliphatic heterocycles. The predicted octanol–water partition coefficient (Wildman–Crippen LogP) is -1.71. The number of hydrogen-bond donors (Lipinski definition) is 4. The summed E-state index contributed by atoms with van der Waals surface area (Å²) in [5.74, 6) is -1.41. The van der Waals surface area contributed by atoms with Gasteiger partial charge in [0.1, 0.15) is 11.5 Å². The molecule has 0 unspecified atom stereocenters. The zero-order valence-corrected chi connectivity index (χ0v) is 9.92. The van der Waals surface area contributed by atoms with Crippen molar-refractivity contribution in [3.63, 3.8) is 0 Å². The lowest BCUT2D eigenvalue weighted by molar-refractivity contribution is 0.0100. The largest absolute Gasteiger partial charge is 0.395 e. The van der Waals surface area contributed by atoms with Gasteiger partial charge in [0.15, 0.2) is 11.6 Å². The summed E-state index contributed by atoms with van der Waals surface area (Å²) in [7, 11) is 0. The summed E-state index contributed by atoms with van der Waals surface area (Å²) in [4.78, 5) is 14.8. The molecule has 2 rings (SSSR count). The highest BCUT2D eigenvalue weighted by Crippen LogP contribution is 2.40. The Morgan fingerprint density at radius 1 is 1.50 bits per heavy atom. The number of aliphatic hydroxyl groups is 3. The minimum Gasteiger partial charge on any atom is -0.395 e. The predicted molar refractivity (Wildman–Crippen MR) is 62.4 cm³/mol. The Bertz CT molecular complexity index is 511. The summed E-state index contributed by atoms with van der Waals surface area (Å²) in [6.45, 7) is -0.362. The first-order valence-electron chi connectivity index (χ1n) is 5.12. The number of aliphatic hydroxyl groups excluding tert-OH is 3. The van der Waals surface area contributed by atoms with Crippen molar-refractivity contribution in [3.8, 4) is 0 Å². The third kappa shape index (κ3) is 2.09. The lowest BCUT2D eigenvalue weighted by Crippen LogP contribution is -2.36. The van der Waals surface area contributed by atoms with Crippen LogP contribution >= 0.6 is 11.8 Å². The molecule has 1 aliphatic rings. The van der Waals surface area contributed by atoms with Gasteiger partial charge in [0.2, 0.25) is 0 Å². The van der Waals surface area contributed by atoms with Gasteiger partial charge in [0.25, 0.3) is 0 Å². The third-order valence-corrected chi connectivity index (χ3v) is 4.29. The van der Waals surface area contributed by atoms with Crippen molar-refractivity contribution in [2.75, 3.05) is 12.3 Å². The molecule has 0 radical (unpaired) electrons.